The molecule has 2 saturated heterocycles. The Balaban J connectivity index is 1.58. The van der Waals surface area contributed by atoms with E-state index in [0.29, 0.717) is 18.9 Å². The summed E-state index contributed by atoms with van der Waals surface area (Å²) in [6, 6.07) is 0.0338. The van der Waals surface area contributed by atoms with Gasteiger partial charge < -0.3 is 25.0 Å². The molecule has 3 N–H and O–H groups in total. The summed E-state index contributed by atoms with van der Waals surface area (Å²) in [5, 5.41) is 19.9. The summed E-state index contributed by atoms with van der Waals surface area (Å²) in [6.45, 7) is 3.31. The van der Waals surface area contributed by atoms with Crippen LogP contribution in [0.15, 0.2) is 4.52 Å². The lowest BCUT2D eigenvalue weighted by Gasteiger charge is -2.25. The summed E-state index contributed by atoms with van der Waals surface area (Å²) in [4.78, 5) is 16.1. The topological polar surface area (TPSA) is 110 Å². The van der Waals surface area contributed by atoms with E-state index in [1.165, 1.54) is 0 Å². The summed E-state index contributed by atoms with van der Waals surface area (Å²) >= 11 is 0. The van der Waals surface area contributed by atoms with Crippen molar-refractivity contribution in [2.45, 2.75) is 43.9 Å². The largest absolute Gasteiger partial charge is 0.385 e. The first-order valence-corrected chi connectivity index (χ1v) is 7.28. The van der Waals surface area contributed by atoms with E-state index in [9.17, 15) is 9.90 Å². The Bertz CT molecular complexity index is 514. The highest BCUT2D eigenvalue weighted by Gasteiger charge is 2.40. The highest BCUT2D eigenvalue weighted by molar-refractivity contribution is 5.90. The molecule has 2 fully saturated rings. The van der Waals surface area contributed by atoms with Crippen molar-refractivity contribution in [2.75, 3.05) is 19.7 Å². The average molecular weight is 296 g/mol. The van der Waals surface area contributed by atoms with E-state index >= 15 is 0 Å². The monoisotopic (exact) mass is 296 g/mol. The van der Waals surface area contributed by atoms with Gasteiger partial charge >= 0.3 is 0 Å². The third kappa shape index (κ3) is 2.92. The van der Waals surface area contributed by atoms with E-state index in [4.69, 9.17) is 9.26 Å². The first-order valence-electron chi connectivity index (χ1n) is 7.28. The number of aromatic nitrogens is 2. The molecule has 8 heteroatoms. The first kappa shape index (κ1) is 14.4. The average Bonchev–Trinajstić information content (AvgIpc) is 3.18. The van der Waals surface area contributed by atoms with E-state index in [1.54, 1.807) is 6.92 Å². The van der Waals surface area contributed by atoms with E-state index in [2.05, 4.69) is 20.8 Å². The maximum Gasteiger partial charge on any atom is 0.292 e. The second-order valence-corrected chi connectivity index (χ2v) is 5.65. The normalized spacial score (nSPS) is 32.5. The van der Waals surface area contributed by atoms with Crippen molar-refractivity contribution in [3.05, 3.63) is 11.7 Å². The fraction of sp³-hybridized carbons (Fsp3) is 0.769. The smallest absolute Gasteiger partial charge is 0.292 e. The molecule has 1 amide bonds. The molecular formula is C13H20N4O4. The zero-order valence-electron chi connectivity index (χ0n) is 12.0. The minimum atomic E-state index is -1.03. The molecule has 3 atom stereocenters. The summed E-state index contributed by atoms with van der Waals surface area (Å²) < 4.78 is 10.4. The Morgan fingerprint density at radius 2 is 2.48 bits per heavy atom. The van der Waals surface area contributed by atoms with Crippen LogP contribution < -0.4 is 10.6 Å². The Hall–Kier alpha value is -1.51. The predicted octanol–water partition coefficient (Wildman–Crippen LogP) is -0.236. The molecule has 3 rings (SSSR count). The van der Waals surface area contributed by atoms with Gasteiger partial charge in [0.25, 0.3) is 11.7 Å². The van der Waals surface area contributed by atoms with Gasteiger partial charge in [-0.2, -0.15) is 4.98 Å². The fourth-order valence-corrected chi connectivity index (χ4v) is 2.68. The first-order chi connectivity index (χ1) is 10.1. The number of nitrogens with zero attached hydrogens (tertiary/aromatic N) is 2. The van der Waals surface area contributed by atoms with Crippen LogP contribution in [0.5, 0.6) is 0 Å². The molecule has 0 saturated carbocycles. The van der Waals surface area contributed by atoms with E-state index in [1.807, 2.05) is 0 Å². The number of aliphatic hydroxyl groups is 1. The number of carbonyl (C=O) groups excluding carboxylic acids is 1. The van der Waals surface area contributed by atoms with Gasteiger partial charge in [-0.15, -0.1) is 0 Å². The second kappa shape index (κ2) is 5.70. The molecule has 0 aliphatic carbocycles. The second-order valence-electron chi connectivity index (χ2n) is 5.65. The van der Waals surface area contributed by atoms with Crippen LogP contribution in [0.3, 0.4) is 0 Å². The van der Waals surface area contributed by atoms with Crippen molar-refractivity contribution < 1.29 is 19.2 Å². The molecule has 2 aliphatic rings. The lowest BCUT2D eigenvalue weighted by molar-refractivity contribution is -0.0252. The third-order valence-electron chi connectivity index (χ3n) is 4.22. The maximum atomic E-state index is 12.0. The van der Waals surface area contributed by atoms with Crippen LogP contribution in [-0.2, 0) is 4.74 Å². The molecule has 2 aliphatic heterocycles. The SMILES string of the molecule is CC1OCCC1(O)CNC(=O)c1noc(C2CCCN2)n1. The molecule has 3 unspecified atom stereocenters. The molecule has 0 radical (unpaired) electrons. The van der Waals surface area contributed by atoms with Gasteiger partial charge in [-0.1, -0.05) is 5.16 Å². The summed E-state index contributed by atoms with van der Waals surface area (Å²) in [6.07, 6.45) is 2.18. The molecule has 21 heavy (non-hydrogen) atoms. The molecule has 8 nitrogen and oxygen atoms in total. The van der Waals surface area contributed by atoms with Gasteiger partial charge in [0.1, 0.15) is 5.60 Å². The van der Waals surface area contributed by atoms with Crippen LogP contribution in [0.4, 0.5) is 0 Å². The number of rotatable bonds is 4. The molecule has 0 aromatic carbocycles. The Kier molecular flexibility index (Phi) is 3.92. The minimum absolute atomic E-state index is 0.00568. The van der Waals surface area contributed by atoms with Crippen molar-refractivity contribution in [1.82, 2.24) is 20.8 Å². The summed E-state index contributed by atoms with van der Waals surface area (Å²) in [5.74, 6) is -0.0154. The van der Waals surface area contributed by atoms with Crippen LogP contribution in [0.2, 0.25) is 0 Å². The van der Waals surface area contributed by atoms with Crippen LogP contribution in [0, 0.1) is 0 Å². The zero-order chi connectivity index (χ0) is 14.9. The van der Waals surface area contributed by atoms with Crippen LogP contribution in [0.25, 0.3) is 0 Å². The van der Waals surface area contributed by atoms with Crippen molar-refractivity contribution in [1.29, 1.82) is 0 Å². The van der Waals surface area contributed by atoms with Crippen LogP contribution in [0.1, 0.15) is 48.7 Å². The molecule has 116 valence electrons. The van der Waals surface area contributed by atoms with Gasteiger partial charge in [0, 0.05) is 19.6 Å². The minimum Gasteiger partial charge on any atom is -0.385 e. The molecule has 1 aromatic heterocycles. The van der Waals surface area contributed by atoms with E-state index in [-0.39, 0.29) is 24.5 Å². The zero-order valence-corrected chi connectivity index (χ0v) is 12.0. The van der Waals surface area contributed by atoms with Gasteiger partial charge in [0.2, 0.25) is 5.89 Å². The number of carbonyl (C=O) groups is 1. The van der Waals surface area contributed by atoms with Crippen molar-refractivity contribution in [3.63, 3.8) is 0 Å². The van der Waals surface area contributed by atoms with Crippen LogP contribution in [-0.4, -0.2) is 52.6 Å². The predicted molar refractivity (Wildman–Crippen MR) is 71.6 cm³/mol. The number of hydrogen-bond acceptors (Lipinski definition) is 7. The quantitative estimate of drug-likeness (QED) is 0.703. The van der Waals surface area contributed by atoms with Gasteiger partial charge in [-0.05, 0) is 26.3 Å². The fourth-order valence-electron chi connectivity index (χ4n) is 2.68. The third-order valence-corrected chi connectivity index (χ3v) is 4.22. The van der Waals surface area contributed by atoms with Crippen molar-refractivity contribution >= 4 is 5.91 Å². The van der Waals surface area contributed by atoms with E-state index < -0.39 is 11.5 Å². The van der Waals surface area contributed by atoms with Gasteiger partial charge in [0.15, 0.2) is 0 Å². The van der Waals surface area contributed by atoms with Crippen LogP contribution >= 0.6 is 0 Å². The number of ether oxygens (including phenoxy) is 1. The Morgan fingerprint density at radius 3 is 3.14 bits per heavy atom. The molecular weight excluding hydrogens is 276 g/mol. The number of amides is 1. The van der Waals surface area contributed by atoms with Gasteiger partial charge in [-0.25, -0.2) is 0 Å². The van der Waals surface area contributed by atoms with Crippen molar-refractivity contribution in [2.24, 2.45) is 0 Å². The molecule has 0 spiro atoms. The lowest BCUT2D eigenvalue weighted by atomic mass is 9.97. The number of hydrogen-bond donors (Lipinski definition) is 3. The number of nitrogens with one attached hydrogen (secondary N) is 2. The maximum absolute atomic E-state index is 12.0. The molecule has 0 bridgehead atoms. The van der Waals surface area contributed by atoms with Gasteiger partial charge in [0.05, 0.1) is 12.1 Å². The Labute approximate surface area is 122 Å². The summed E-state index contributed by atoms with van der Waals surface area (Å²) in [7, 11) is 0. The highest BCUT2D eigenvalue weighted by atomic mass is 16.5. The molecule has 1 aromatic rings. The van der Waals surface area contributed by atoms with Gasteiger partial charge in [-0.3, -0.25) is 4.79 Å². The van der Waals surface area contributed by atoms with E-state index in [0.717, 1.165) is 19.4 Å². The highest BCUT2D eigenvalue weighted by Crippen LogP contribution is 2.25. The summed E-state index contributed by atoms with van der Waals surface area (Å²) in [5.41, 5.74) is -1.03. The Morgan fingerprint density at radius 1 is 1.62 bits per heavy atom. The molecule has 3 heterocycles. The standard InChI is InChI=1S/C13H20N4O4/c1-8-13(19,4-6-20-8)7-15-11(18)10-16-12(21-17-10)9-3-2-5-14-9/h8-9,14,19H,2-7H2,1H3,(H,15,18). The lowest BCUT2D eigenvalue weighted by Crippen LogP contribution is -2.47. The van der Waals surface area contributed by atoms with Crippen molar-refractivity contribution in [3.8, 4) is 0 Å².